The summed E-state index contributed by atoms with van der Waals surface area (Å²) in [7, 11) is 0. The largest absolute Gasteiger partial charge is 0.444 e. The van der Waals surface area contributed by atoms with E-state index < -0.39 is 17.7 Å². The van der Waals surface area contributed by atoms with Crippen LogP contribution in [0.2, 0.25) is 0 Å². The molecule has 0 aliphatic heterocycles. The molecule has 0 radical (unpaired) electrons. The van der Waals surface area contributed by atoms with Gasteiger partial charge in [-0.1, -0.05) is 75.6 Å². The highest BCUT2D eigenvalue weighted by Gasteiger charge is 2.15. The van der Waals surface area contributed by atoms with E-state index in [-0.39, 0.29) is 0 Å². The molecule has 32 heavy (non-hydrogen) atoms. The molecule has 0 fully saturated rings. The molecule has 0 saturated heterocycles. The van der Waals surface area contributed by atoms with Gasteiger partial charge in [0.1, 0.15) is 11.4 Å². The second kappa shape index (κ2) is 15.3. The number of hydrogen-bond acceptors (Lipinski definition) is 5. The van der Waals surface area contributed by atoms with Crippen molar-refractivity contribution in [2.24, 2.45) is 10.9 Å². The zero-order valence-corrected chi connectivity index (χ0v) is 20.2. The van der Waals surface area contributed by atoms with Crippen LogP contribution in [-0.2, 0) is 16.1 Å². The van der Waals surface area contributed by atoms with Crippen LogP contribution in [0.25, 0.3) is 0 Å². The Morgan fingerprint density at radius 3 is 2.06 bits per heavy atom. The van der Waals surface area contributed by atoms with E-state index in [4.69, 9.17) is 15.3 Å². The summed E-state index contributed by atoms with van der Waals surface area (Å²) >= 11 is 0. The number of hydrogen-bond donors (Lipinski definition) is 2. The summed E-state index contributed by atoms with van der Waals surface area (Å²) in [5.74, 6) is -0.230. The Morgan fingerprint density at radius 1 is 0.938 bits per heavy atom. The number of nitrogens with one attached hydrogen (secondary N) is 1. The molecule has 0 aromatic heterocycles. The van der Waals surface area contributed by atoms with Gasteiger partial charge in [0, 0.05) is 13.0 Å². The Kier molecular flexibility index (Phi) is 13.1. The van der Waals surface area contributed by atoms with Gasteiger partial charge in [0.25, 0.3) is 0 Å². The summed E-state index contributed by atoms with van der Waals surface area (Å²) in [6.07, 6.45) is 11.2. The Balaban J connectivity index is 2.26. The molecule has 180 valence electrons. The summed E-state index contributed by atoms with van der Waals surface area (Å²) < 4.78 is 5.19. The number of benzene rings is 1. The molecule has 0 atom stereocenters. The Morgan fingerprint density at radius 2 is 1.50 bits per heavy atom. The van der Waals surface area contributed by atoms with Crippen molar-refractivity contribution in [3.05, 3.63) is 35.4 Å². The maximum atomic E-state index is 12.1. The van der Waals surface area contributed by atoms with Crippen LogP contribution in [0.4, 0.5) is 4.79 Å². The summed E-state index contributed by atoms with van der Waals surface area (Å²) in [4.78, 5) is 28.8. The first-order chi connectivity index (χ1) is 15.2. The molecule has 1 amide bonds. The molecule has 0 heterocycles. The minimum absolute atomic E-state index is 0.300. The van der Waals surface area contributed by atoms with Crippen molar-refractivity contribution in [1.29, 1.82) is 0 Å². The molecule has 1 rings (SSSR count). The van der Waals surface area contributed by atoms with E-state index in [0.717, 1.165) is 18.4 Å². The molecule has 1 aromatic rings. The third-order valence-electron chi connectivity index (χ3n) is 4.81. The van der Waals surface area contributed by atoms with Crippen LogP contribution in [0.1, 0.15) is 108 Å². The number of oxime groups is 1. The molecule has 0 unspecified atom stereocenters. The molecular formula is C25H41N3O4. The third-order valence-corrected chi connectivity index (χ3v) is 4.81. The third kappa shape index (κ3) is 13.7. The molecule has 0 spiro atoms. The second-order valence-electron chi connectivity index (χ2n) is 9.09. The number of rotatable bonds is 14. The number of nitrogens with two attached hydrogens (primary N) is 1. The number of amides is 1. The normalized spacial score (nSPS) is 11.8. The van der Waals surface area contributed by atoms with Crippen molar-refractivity contribution in [1.82, 2.24) is 5.32 Å². The second-order valence-corrected chi connectivity index (χ2v) is 9.09. The highest BCUT2D eigenvalue weighted by molar-refractivity contribution is 5.90. The van der Waals surface area contributed by atoms with Gasteiger partial charge in [-0.05, 0) is 44.9 Å². The van der Waals surface area contributed by atoms with Crippen molar-refractivity contribution in [3.63, 3.8) is 0 Å². The van der Waals surface area contributed by atoms with Gasteiger partial charge in [0.2, 0.25) is 0 Å². The molecule has 7 nitrogen and oxygen atoms in total. The molecule has 0 aliphatic rings. The number of alkyl carbamates (subject to hydrolysis) is 1. The van der Waals surface area contributed by atoms with Crippen LogP contribution in [0.5, 0.6) is 0 Å². The molecule has 0 saturated carbocycles. The topological polar surface area (TPSA) is 103 Å². The highest BCUT2D eigenvalue weighted by Crippen LogP contribution is 2.11. The number of amidine groups is 1. The van der Waals surface area contributed by atoms with E-state index in [1.807, 2.05) is 0 Å². The van der Waals surface area contributed by atoms with Crippen LogP contribution in [0, 0.1) is 0 Å². The maximum absolute atomic E-state index is 12.1. The van der Waals surface area contributed by atoms with Gasteiger partial charge < -0.3 is 20.6 Å². The van der Waals surface area contributed by atoms with E-state index in [9.17, 15) is 9.59 Å². The summed E-state index contributed by atoms with van der Waals surface area (Å²) in [5.41, 5.74) is 6.50. The first kappa shape index (κ1) is 27.5. The lowest BCUT2D eigenvalue weighted by molar-refractivity contribution is 0.0506. The first-order valence-corrected chi connectivity index (χ1v) is 11.8. The van der Waals surface area contributed by atoms with Crippen molar-refractivity contribution < 1.29 is 19.2 Å². The van der Waals surface area contributed by atoms with Gasteiger partial charge in [-0.15, -0.1) is 0 Å². The molecule has 1 aromatic carbocycles. The predicted molar refractivity (Wildman–Crippen MR) is 128 cm³/mol. The first-order valence-electron chi connectivity index (χ1n) is 11.8. The van der Waals surface area contributed by atoms with Crippen molar-refractivity contribution >= 4 is 17.9 Å². The van der Waals surface area contributed by atoms with Gasteiger partial charge in [0.15, 0.2) is 0 Å². The lowest BCUT2D eigenvalue weighted by Gasteiger charge is -2.19. The summed E-state index contributed by atoms with van der Waals surface area (Å²) in [6.45, 7) is 7.94. The Hall–Kier alpha value is -2.57. The van der Waals surface area contributed by atoms with E-state index in [2.05, 4.69) is 17.4 Å². The zero-order valence-electron chi connectivity index (χ0n) is 20.2. The van der Waals surface area contributed by atoms with Gasteiger partial charge in [-0.2, -0.15) is 0 Å². The van der Waals surface area contributed by atoms with E-state index in [1.54, 1.807) is 45.0 Å². The van der Waals surface area contributed by atoms with Crippen molar-refractivity contribution in [2.75, 3.05) is 0 Å². The fourth-order valence-corrected chi connectivity index (χ4v) is 3.06. The van der Waals surface area contributed by atoms with Gasteiger partial charge in [-0.25, -0.2) is 9.59 Å². The number of ether oxygens (including phenoxy) is 1. The molecule has 3 N–H and O–H groups in total. The fourth-order valence-electron chi connectivity index (χ4n) is 3.06. The standard InChI is InChI=1S/C25H41N3O4/c1-5-6-7-8-9-10-11-12-13-14-22(26)28-32-23(29)21-17-15-20(16-18-21)19-27-24(30)31-25(2,3)4/h15-18H,5-14,19H2,1-4H3,(H2,26,28)(H,27,30). The quantitative estimate of drug-likeness (QED) is 0.119. The molecule has 0 bridgehead atoms. The highest BCUT2D eigenvalue weighted by atomic mass is 16.7. The van der Waals surface area contributed by atoms with Gasteiger partial charge in [0.05, 0.1) is 5.56 Å². The molecular weight excluding hydrogens is 406 g/mol. The zero-order chi connectivity index (χ0) is 23.8. The van der Waals surface area contributed by atoms with Gasteiger partial charge in [-0.3, -0.25) is 0 Å². The molecule has 7 heteroatoms. The van der Waals surface area contributed by atoms with Crippen LogP contribution < -0.4 is 11.1 Å². The van der Waals surface area contributed by atoms with E-state index >= 15 is 0 Å². The van der Waals surface area contributed by atoms with E-state index in [0.29, 0.717) is 24.4 Å². The van der Waals surface area contributed by atoms with Crippen LogP contribution in [-0.4, -0.2) is 23.5 Å². The fraction of sp³-hybridized carbons (Fsp3) is 0.640. The number of carbonyl (C=O) groups excluding carboxylic acids is 2. The summed E-state index contributed by atoms with van der Waals surface area (Å²) in [5, 5.41) is 6.43. The van der Waals surface area contributed by atoms with Crippen LogP contribution in [0.15, 0.2) is 29.4 Å². The number of unbranched alkanes of at least 4 members (excludes halogenated alkanes) is 8. The minimum Gasteiger partial charge on any atom is -0.444 e. The average molecular weight is 448 g/mol. The molecule has 0 aliphatic carbocycles. The monoisotopic (exact) mass is 447 g/mol. The maximum Gasteiger partial charge on any atom is 0.407 e. The smallest absolute Gasteiger partial charge is 0.407 e. The number of nitrogens with zero attached hydrogens (tertiary/aromatic N) is 1. The average Bonchev–Trinajstić information content (AvgIpc) is 2.74. The SMILES string of the molecule is CCCCCCCCCCCC(N)=NOC(=O)c1ccc(CNC(=O)OC(C)(C)C)cc1. The van der Waals surface area contributed by atoms with Crippen molar-refractivity contribution in [3.8, 4) is 0 Å². The van der Waals surface area contributed by atoms with E-state index in [1.165, 1.54) is 44.9 Å². The van der Waals surface area contributed by atoms with Crippen molar-refractivity contribution in [2.45, 2.75) is 104 Å². The summed E-state index contributed by atoms with van der Waals surface area (Å²) in [6, 6.07) is 6.73. The van der Waals surface area contributed by atoms with Crippen LogP contribution >= 0.6 is 0 Å². The number of carbonyl (C=O) groups is 2. The van der Waals surface area contributed by atoms with Gasteiger partial charge >= 0.3 is 12.1 Å². The Labute approximate surface area is 193 Å². The Bertz CT molecular complexity index is 709. The minimum atomic E-state index is -0.563. The predicted octanol–water partition coefficient (Wildman–Crippen LogP) is 6.06. The van der Waals surface area contributed by atoms with Crippen LogP contribution in [0.3, 0.4) is 0 Å². The lowest BCUT2D eigenvalue weighted by Crippen LogP contribution is -2.32. The lowest BCUT2D eigenvalue weighted by atomic mass is 10.1.